The van der Waals surface area contributed by atoms with E-state index in [2.05, 4.69) is 39.5 Å². The van der Waals surface area contributed by atoms with E-state index in [0.717, 1.165) is 43.5 Å². The van der Waals surface area contributed by atoms with Gasteiger partial charge in [-0.25, -0.2) is 13.8 Å². The monoisotopic (exact) mass is 524 g/mol. The van der Waals surface area contributed by atoms with Crippen molar-refractivity contribution in [1.29, 1.82) is 0 Å². The Kier molecular flexibility index (Phi) is 6.26. The molecule has 1 aliphatic heterocycles. The number of hydrogen-bond donors (Lipinski definition) is 3. The maximum atomic E-state index is 13.6. The topological polar surface area (TPSA) is 91.5 Å². The zero-order chi connectivity index (χ0) is 26.7. The standard InChI is InChI=1S/C30H38F2N4O2/c1-28(38)10-6-23(7-11-28)35-27(37)25-14-20(16-34-26(25)33)19-2-4-21(5-3-19)29-15-22(29)17-36(18-29)24-8-12-30(31,32)13-9-24/h2-5,14,16,22-24,38H,6-13,15,17-18H2,1H3,(H2,33,34)(H,35,37). The number of rotatable bonds is 5. The van der Waals surface area contributed by atoms with Gasteiger partial charge in [0, 0.05) is 55.2 Å². The van der Waals surface area contributed by atoms with Gasteiger partial charge in [0.05, 0.1) is 11.2 Å². The van der Waals surface area contributed by atoms with Crippen molar-refractivity contribution in [2.75, 3.05) is 18.8 Å². The summed E-state index contributed by atoms with van der Waals surface area (Å²) in [4.78, 5) is 19.8. The first kappa shape index (κ1) is 25.7. The first-order valence-electron chi connectivity index (χ1n) is 14.1. The highest BCUT2D eigenvalue weighted by Crippen LogP contribution is 2.60. The summed E-state index contributed by atoms with van der Waals surface area (Å²) in [6.45, 7) is 3.81. The first-order valence-corrected chi connectivity index (χ1v) is 14.1. The normalized spacial score (nSPS) is 33.1. The number of anilines is 1. The van der Waals surface area contributed by atoms with Crippen LogP contribution in [-0.4, -0.2) is 57.6 Å². The molecule has 2 heterocycles. The molecule has 0 bridgehead atoms. The Morgan fingerprint density at radius 3 is 2.45 bits per heavy atom. The van der Waals surface area contributed by atoms with Gasteiger partial charge in [-0.05, 0) is 75.0 Å². The van der Waals surface area contributed by atoms with Crippen molar-refractivity contribution in [1.82, 2.24) is 15.2 Å². The molecular weight excluding hydrogens is 486 g/mol. The number of pyridine rings is 1. The summed E-state index contributed by atoms with van der Waals surface area (Å²) in [5, 5.41) is 13.2. The van der Waals surface area contributed by atoms with Gasteiger partial charge >= 0.3 is 0 Å². The summed E-state index contributed by atoms with van der Waals surface area (Å²) in [7, 11) is 0. The molecule has 1 saturated heterocycles. The molecule has 1 aromatic heterocycles. The Hall–Kier alpha value is -2.58. The predicted octanol–water partition coefficient (Wildman–Crippen LogP) is 4.91. The minimum atomic E-state index is -2.48. The number of nitrogen functional groups attached to an aromatic ring is 1. The Morgan fingerprint density at radius 2 is 1.76 bits per heavy atom. The van der Waals surface area contributed by atoms with Crippen LogP contribution in [0.15, 0.2) is 36.5 Å². The fourth-order valence-corrected chi connectivity index (χ4v) is 7.09. The van der Waals surface area contributed by atoms with Gasteiger partial charge in [-0.15, -0.1) is 0 Å². The largest absolute Gasteiger partial charge is 0.390 e. The van der Waals surface area contributed by atoms with Gasteiger partial charge in [0.15, 0.2) is 0 Å². The molecule has 6 nitrogen and oxygen atoms in total. The molecule has 0 radical (unpaired) electrons. The highest BCUT2D eigenvalue weighted by molar-refractivity contribution is 5.99. The van der Waals surface area contributed by atoms with Gasteiger partial charge in [0.25, 0.3) is 5.91 Å². The molecule has 1 aromatic carbocycles. The van der Waals surface area contributed by atoms with E-state index >= 15 is 0 Å². The average Bonchev–Trinajstić information content (AvgIpc) is 3.46. The number of halogens is 2. The van der Waals surface area contributed by atoms with Gasteiger partial charge in [0.1, 0.15) is 5.82 Å². The lowest BCUT2D eigenvalue weighted by Gasteiger charge is -2.36. The second kappa shape index (κ2) is 9.26. The number of aliphatic hydroxyl groups is 1. The van der Waals surface area contributed by atoms with E-state index in [4.69, 9.17) is 5.73 Å². The van der Waals surface area contributed by atoms with E-state index in [0.29, 0.717) is 37.2 Å². The number of alkyl halides is 2. The fourth-order valence-electron chi connectivity index (χ4n) is 7.09. The van der Waals surface area contributed by atoms with Crippen LogP contribution in [0.5, 0.6) is 0 Å². The number of likely N-dealkylation sites (tertiary alicyclic amines) is 1. The van der Waals surface area contributed by atoms with Gasteiger partial charge in [-0.2, -0.15) is 0 Å². The zero-order valence-corrected chi connectivity index (χ0v) is 22.1. The summed E-state index contributed by atoms with van der Waals surface area (Å²) in [5.74, 6) is -1.90. The number of nitrogens with two attached hydrogens (primary N) is 1. The molecule has 1 amide bonds. The quantitative estimate of drug-likeness (QED) is 0.517. The lowest BCUT2D eigenvalue weighted by molar-refractivity contribution is -0.0526. The van der Waals surface area contributed by atoms with Gasteiger partial charge in [0.2, 0.25) is 5.92 Å². The molecule has 2 unspecified atom stereocenters. The molecule has 2 atom stereocenters. The van der Waals surface area contributed by atoms with Crippen molar-refractivity contribution in [3.63, 3.8) is 0 Å². The molecule has 204 valence electrons. The molecule has 3 saturated carbocycles. The lowest BCUT2D eigenvalue weighted by Crippen LogP contribution is -2.42. The second-order valence-electron chi connectivity index (χ2n) is 12.6. The van der Waals surface area contributed by atoms with Crippen LogP contribution in [-0.2, 0) is 5.41 Å². The number of nitrogens with zero attached hydrogens (tertiary/aromatic N) is 2. The third kappa shape index (κ3) is 4.93. The highest BCUT2D eigenvalue weighted by Gasteiger charge is 2.61. The molecule has 4 N–H and O–H groups in total. The SMILES string of the molecule is CC1(O)CCC(NC(=O)c2cc(-c3ccc(C45CC4CN(C4CCC(F)(F)CC4)C5)cc3)cnc2N)CC1. The Labute approximate surface area is 223 Å². The lowest BCUT2D eigenvalue weighted by atomic mass is 9.83. The Bertz CT molecular complexity index is 1200. The van der Waals surface area contributed by atoms with Crippen molar-refractivity contribution < 1.29 is 18.7 Å². The van der Waals surface area contributed by atoms with Crippen molar-refractivity contribution in [3.05, 3.63) is 47.7 Å². The third-order valence-electron chi connectivity index (χ3n) is 9.73. The number of benzene rings is 1. The van der Waals surface area contributed by atoms with E-state index in [-0.39, 0.29) is 42.1 Å². The molecule has 4 fully saturated rings. The predicted molar refractivity (Wildman–Crippen MR) is 143 cm³/mol. The highest BCUT2D eigenvalue weighted by atomic mass is 19.3. The molecular formula is C30H38F2N4O2. The number of hydrogen-bond acceptors (Lipinski definition) is 5. The van der Waals surface area contributed by atoms with Gasteiger partial charge in [-0.3, -0.25) is 9.69 Å². The van der Waals surface area contributed by atoms with E-state index in [9.17, 15) is 18.7 Å². The van der Waals surface area contributed by atoms with Crippen LogP contribution in [0, 0.1) is 5.92 Å². The van der Waals surface area contributed by atoms with Gasteiger partial charge in [-0.1, -0.05) is 24.3 Å². The second-order valence-corrected chi connectivity index (χ2v) is 12.6. The number of nitrogens with one attached hydrogen (secondary N) is 1. The van der Waals surface area contributed by atoms with E-state index in [1.54, 1.807) is 12.3 Å². The summed E-state index contributed by atoms with van der Waals surface area (Å²) in [6.07, 6.45) is 6.87. The first-order chi connectivity index (χ1) is 18.0. The van der Waals surface area contributed by atoms with Crippen LogP contribution in [0.3, 0.4) is 0 Å². The van der Waals surface area contributed by atoms with Crippen LogP contribution in [0.1, 0.15) is 80.6 Å². The van der Waals surface area contributed by atoms with Crippen LogP contribution >= 0.6 is 0 Å². The zero-order valence-electron chi connectivity index (χ0n) is 22.1. The molecule has 4 aliphatic rings. The fraction of sp³-hybridized carbons (Fsp3) is 0.600. The minimum Gasteiger partial charge on any atom is -0.390 e. The van der Waals surface area contributed by atoms with Crippen LogP contribution in [0.4, 0.5) is 14.6 Å². The van der Waals surface area contributed by atoms with Crippen molar-refractivity contribution in [3.8, 4) is 11.1 Å². The molecule has 6 rings (SSSR count). The van der Waals surface area contributed by atoms with Crippen LogP contribution in [0.25, 0.3) is 11.1 Å². The average molecular weight is 525 g/mol. The van der Waals surface area contributed by atoms with Crippen LogP contribution < -0.4 is 11.1 Å². The number of aromatic nitrogens is 1. The Morgan fingerprint density at radius 1 is 1.08 bits per heavy atom. The van der Waals surface area contributed by atoms with Gasteiger partial charge < -0.3 is 16.2 Å². The van der Waals surface area contributed by atoms with E-state index in [1.165, 1.54) is 5.56 Å². The summed E-state index contributed by atoms with van der Waals surface area (Å²) >= 11 is 0. The maximum Gasteiger partial charge on any atom is 0.255 e. The molecule has 2 aromatic rings. The van der Waals surface area contributed by atoms with Crippen molar-refractivity contribution in [2.24, 2.45) is 5.92 Å². The van der Waals surface area contributed by atoms with Crippen molar-refractivity contribution >= 4 is 11.7 Å². The number of amides is 1. The molecule has 0 spiro atoms. The summed E-state index contributed by atoms with van der Waals surface area (Å²) < 4.78 is 27.3. The Balaban J connectivity index is 1.12. The van der Waals surface area contributed by atoms with Crippen molar-refractivity contribution in [2.45, 2.75) is 93.7 Å². The number of carbonyl (C=O) groups excluding carboxylic acids is 1. The third-order valence-corrected chi connectivity index (χ3v) is 9.73. The van der Waals surface area contributed by atoms with E-state index in [1.807, 2.05) is 6.92 Å². The summed E-state index contributed by atoms with van der Waals surface area (Å²) in [5.41, 5.74) is 9.06. The smallest absolute Gasteiger partial charge is 0.255 e. The summed E-state index contributed by atoms with van der Waals surface area (Å²) in [6, 6.07) is 10.6. The van der Waals surface area contributed by atoms with Crippen LogP contribution in [0.2, 0.25) is 0 Å². The number of carbonyl (C=O) groups is 1. The number of piperidine rings is 1. The number of fused-ring (bicyclic) bond motifs is 1. The minimum absolute atomic E-state index is 0.0128. The molecule has 3 aliphatic carbocycles. The van der Waals surface area contributed by atoms with E-state index < -0.39 is 11.5 Å². The maximum absolute atomic E-state index is 13.6. The molecule has 8 heteroatoms. The molecule has 38 heavy (non-hydrogen) atoms.